The van der Waals surface area contributed by atoms with Crippen molar-refractivity contribution < 1.29 is 9.53 Å². The third kappa shape index (κ3) is 4.75. The molecule has 162 valence electrons. The Labute approximate surface area is 183 Å². The minimum atomic E-state index is -0.482. The first-order valence-corrected chi connectivity index (χ1v) is 10.2. The lowest BCUT2D eigenvalue weighted by molar-refractivity contribution is 0.0496. The predicted octanol–water partition coefficient (Wildman–Crippen LogP) is 2.94. The van der Waals surface area contributed by atoms with Crippen molar-refractivity contribution in [2.75, 3.05) is 11.9 Å². The van der Waals surface area contributed by atoms with E-state index in [2.05, 4.69) is 15.3 Å². The number of H-pyrrole nitrogens is 1. The molecule has 8 heteroatoms. The quantitative estimate of drug-likeness (QED) is 0.329. The van der Waals surface area contributed by atoms with Crippen molar-refractivity contribution in [2.45, 2.75) is 19.5 Å². The summed E-state index contributed by atoms with van der Waals surface area (Å²) in [6, 6.07) is 17.7. The number of aromatic nitrogens is 3. The Kier molecular flexibility index (Phi) is 6.41. The number of nitrogens with one attached hydrogen (secondary N) is 2. The molecule has 2 aromatic heterocycles. The molecule has 2 heterocycles. The molecule has 0 amide bonds. The third-order valence-corrected chi connectivity index (χ3v) is 5.00. The summed E-state index contributed by atoms with van der Waals surface area (Å²) in [6.45, 7) is 0.744. The predicted molar refractivity (Wildman–Crippen MR) is 122 cm³/mol. The number of hydrogen-bond acceptors (Lipinski definition) is 6. The molecule has 0 radical (unpaired) electrons. The van der Waals surface area contributed by atoms with Gasteiger partial charge in [0.05, 0.1) is 23.1 Å². The van der Waals surface area contributed by atoms with Crippen LogP contribution in [0.1, 0.15) is 22.3 Å². The Hall–Kier alpha value is -4.20. The van der Waals surface area contributed by atoms with Crippen LogP contribution in [0.3, 0.4) is 0 Å². The van der Waals surface area contributed by atoms with E-state index in [1.54, 1.807) is 54.9 Å². The van der Waals surface area contributed by atoms with Crippen molar-refractivity contribution in [3.63, 3.8) is 0 Å². The molecular weight excluding hydrogens is 408 g/mol. The smallest absolute Gasteiger partial charge is 0.340 e. The molecule has 0 fully saturated rings. The lowest BCUT2D eigenvalue weighted by atomic mass is 10.1. The molecule has 2 aromatic carbocycles. The fraction of sp³-hybridized carbons (Fsp3) is 0.167. The fourth-order valence-electron chi connectivity index (χ4n) is 3.38. The van der Waals surface area contributed by atoms with Crippen molar-refractivity contribution in [3.05, 3.63) is 105 Å². The maximum Gasteiger partial charge on any atom is 0.340 e. The van der Waals surface area contributed by atoms with E-state index >= 15 is 0 Å². The second kappa shape index (κ2) is 9.74. The second-order valence-corrected chi connectivity index (χ2v) is 7.18. The topological polar surface area (TPSA) is 106 Å². The van der Waals surface area contributed by atoms with Gasteiger partial charge in [-0.25, -0.2) is 9.59 Å². The zero-order chi connectivity index (χ0) is 22.3. The highest BCUT2D eigenvalue weighted by Crippen LogP contribution is 2.17. The van der Waals surface area contributed by atoms with Crippen LogP contribution in [0.2, 0.25) is 0 Å². The van der Waals surface area contributed by atoms with Gasteiger partial charge in [0.25, 0.3) is 5.56 Å². The maximum atomic E-state index is 12.6. The molecule has 0 saturated heterocycles. The molecule has 0 aliphatic heterocycles. The van der Waals surface area contributed by atoms with Crippen LogP contribution in [-0.2, 0) is 17.8 Å². The van der Waals surface area contributed by atoms with Crippen LogP contribution in [-0.4, -0.2) is 27.1 Å². The van der Waals surface area contributed by atoms with Crippen LogP contribution < -0.4 is 16.6 Å². The fourth-order valence-corrected chi connectivity index (χ4v) is 3.38. The van der Waals surface area contributed by atoms with Gasteiger partial charge < -0.3 is 15.0 Å². The zero-order valence-corrected chi connectivity index (χ0v) is 17.3. The molecule has 4 rings (SSSR count). The van der Waals surface area contributed by atoms with E-state index in [0.29, 0.717) is 35.1 Å². The molecule has 0 spiro atoms. The molecule has 0 unspecified atom stereocenters. The Balaban J connectivity index is 1.36. The monoisotopic (exact) mass is 430 g/mol. The van der Waals surface area contributed by atoms with Crippen molar-refractivity contribution in [1.29, 1.82) is 0 Å². The number of para-hydroxylation sites is 2. The first-order valence-electron chi connectivity index (χ1n) is 10.2. The zero-order valence-electron chi connectivity index (χ0n) is 17.3. The van der Waals surface area contributed by atoms with Crippen LogP contribution in [0.25, 0.3) is 10.9 Å². The van der Waals surface area contributed by atoms with Gasteiger partial charge in [0.15, 0.2) is 0 Å². The summed E-state index contributed by atoms with van der Waals surface area (Å²) in [5.74, 6) is -0.473. The number of nitrogens with zero attached hydrogens (tertiary/aromatic N) is 2. The van der Waals surface area contributed by atoms with E-state index in [4.69, 9.17) is 4.74 Å². The van der Waals surface area contributed by atoms with Gasteiger partial charge >= 0.3 is 11.7 Å². The number of ether oxygens (including phenoxy) is 1. The SMILES string of the molecule is O=C(OCCCn1c(=O)[nH]c2ccccc2c1=O)c1ccccc1NCc1cccnc1. The first kappa shape index (κ1) is 21.0. The van der Waals surface area contributed by atoms with Gasteiger partial charge in [-0.05, 0) is 42.3 Å². The molecule has 32 heavy (non-hydrogen) atoms. The molecule has 0 atom stereocenters. The van der Waals surface area contributed by atoms with E-state index in [9.17, 15) is 14.4 Å². The van der Waals surface area contributed by atoms with Crippen LogP contribution >= 0.6 is 0 Å². The Bertz CT molecular complexity index is 1350. The average Bonchev–Trinajstić information content (AvgIpc) is 2.83. The summed E-state index contributed by atoms with van der Waals surface area (Å²) in [7, 11) is 0. The van der Waals surface area contributed by atoms with Gasteiger partial charge in [-0.15, -0.1) is 0 Å². The normalized spacial score (nSPS) is 10.8. The molecule has 2 N–H and O–H groups in total. The lowest BCUT2D eigenvalue weighted by Gasteiger charge is -2.12. The van der Waals surface area contributed by atoms with Gasteiger partial charge in [-0.1, -0.05) is 30.3 Å². The summed E-state index contributed by atoms with van der Waals surface area (Å²) >= 11 is 0. The summed E-state index contributed by atoms with van der Waals surface area (Å²) in [5, 5.41) is 3.67. The van der Waals surface area contributed by atoms with Crippen LogP contribution in [0.5, 0.6) is 0 Å². The summed E-state index contributed by atoms with van der Waals surface area (Å²) in [6.07, 6.45) is 3.79. The minimum Gasteiger partial charge on any atom is -0.462 e. The third-order valence-electron chi connectivity index (χ3n) is 5.00. The number of rotatable bonds is 8. The number of carbonyl (C=O) groups is 1. The molecule has 4 aromatic rings. The van der Waals surface area contributed by atoms with Crippen molar-refractivity contribution in [3.8, 4) is 0 Å². The number of carbonyl (C=O) groups excluding carboxylic acids is 1. The van der Waals surface area contributed by atoms with Gasteiger partial charge in [0.1, 0.15) is 0 Å². The van der Waals surface area contributed by atoms with E-state index < -0.39 is 11.7 Å². The van der Waals surface area contributed by atoms with E-state index in [-0.39, 0.29) is 18.7 Å². The van der Waals surface area contributed by atoms with E-state index in [0.717, 1.165) is 10.1 Å². The van der Waals surface area contributed by atoms with Crippen molar-refractivity contribution >= 4 is 22.6 Å². The Morgan fingerprint density at radius 2 is 1.84 bits per heavy atom. The molecule has 0 aliphatic carbocycles. The molecule has 8 nitrogen and oxygen atoms in total. The van der Waals surface area contributed by atoms with Crippen LogP contribution in [0.15, 0.2) is 82.6 Å². The number of benzene rings is 2. The Morgan fingerprint density at radius 1 is 1.03 bits per heavy atom. The molecule has 0 aliphatic rings. The first-order chi connectivity index (χ1) is 15.6. The van der Waals surface area contributed by atoms with E-state index in [1.165, 1.54) is 0 Å². The standard InChI is InChI=1S/C24H22N4O4/c29-22-18-8-1-4-11-21(18)27-24(31)28(22)13-6-14-32-23(30)19-9-2-3-10-20(19)26-16-17-7-5-12-25-15-17/h1-5,7-12,15,26H,6,13-14,16H2,(H,27,31). The number of fused-ring (bicyclic) bond motifs is 1. The number of pyridine rings is 1. The largest absolute Gasteiger partial charge is 0.462 e. The molecule has 0 saturated carbocycles. The number of esters is 1. The summed E-state index contributed by atoms with van der Waals surface area (Å²) in [5.41, 5.74) is 1.72. The van der Waals surface area contributed by atoms with Crippen molar-refractivity contribution in [2.24, 2.45) is 0 Å². The summed E-state index contributed by atoms with van der Waals surface area (Å²) < 4.78 is 6.52. The van der Waals surface area contributed by atoms with Crippen LogP contribution in [0, 0.1) is 0 Å². The van der Waals surface area contributed by atoms with Gasteiger partial charge in [-0.2, -0.15) is 0 Å². The number of aromatic amines is 1. The second-order valence-electron chi connectivity index (χ2n) is 7.18. The summed E-state index contributed by atoms with van der Waals surface area (Å²) in [4.78, 5) is 44.1. The highest BCUT2D eigenvalue weighted by molar-refractivity contribution is 5.95. The van der Waals surface area contributed by atoms with Gasteiger partial charge in [-0.3, -0.25) is 14.3 Å². The minimum absolute atomic E-state index is 0.0779. The van der Waals surface area contributed by atoms with Gasteiger partial charge in [0, 0.05) is 31.2 Å². The molecular formula is C24H22N4O4. The average molecular weight is 430 g/mol. The number of hydrogen-bond donors (Lipinski definition) is 2. The van der Waals surface area contributed by atoms with Crippen molar-refractivity contribution in [1.82, 2.24) is 14.5 Å². The number of anilines is 1. The Morgan fingerprint density at radius 3 is 2.69 bits per heavy atom. The highest BCUT2D eigenvalue weighted by atomic mass is 16.5. The maximum absolute atomic E-state index is 12.6. The van der Waals surface area contributed by atoms with Gasteiger partial charge in [0.2, 0.25) is 0 Å². The highest BCUT2D eigenvalue weighted by Gasteiger charge is 2.13. The molecule has 0 bridgehead atoms. The van der Waals surface area contributed by atoms with E-state index in [1.807, 2.05) is 18.2 Å². The van der Waals surface area contributed by atoms with Crippen LogP contribution in [0.4, 0.5) is 5.69 Å². The lowest BCUT2D eigenvalue weighted by Crippen LogP contribution is -2.35.